The number of esters is 1. The topological polar surface area (TPSA) is 95.4 Å². The van der Waals surface area contributed by atoms with Gasteiger partial charge in [-0.2, -0.15) is 0 Å². The van der Waals surface area contributed by atoms with Gasteiger partial charge in [0.25, 0.3) is 0 Å². The number of fused-ring (bicyclic) bond motifs is 2. The average Bonchev–Trinajstić information content (AvgIpc) is 2.61. The number of aromatic nitrogens is 1. The summed E-state index contributed by atoms with van der Waals surface area (Å²) in [4.78, 5) is 28.4. The van der Waals surface area contributed by atoms with Gasteiger partial charge in [-0.3, -0.25) is 0 Å². The van der Waals surface area contributed by atoms with Crippen LogP contribution in [0.25, 0.3) is 21.7 Å². The molecule has 0 aliphatic rings. The maximum absolute atomic E-state index is 12.4. The maximum Gasteiger partial charge on any atom is 0.351 e. The third-order valence-electron chi connectivity index (χ3n) is 3.84. The lowest BCUT2D eigenvalue weighted by Gasteiger charge is -2.06. The number of benzene rings is 2. The van der Waals surface area contributed by atoms with Crippen molar-refractivity contribution in [1.29, 1.82) is 0 Å². The number of para-hydroxylation sites is 1. The molecule has 4 rings (SSSR count). The van der Waals surface area contributed by atoms with Gasteiger partial charge in [-0.25, -0.2) is 14.6 Å². The van der Waals surface area contributed by atoms with Crippen molar-refractivity contribution < 1.29 is 13.9 Å². The molecule has 4 aromatic rings. The van der Waals surface area contributed by atoms with Crippen LogP contribution in [0.3, 0.4) is 0 Å². The predicted molar refractivity (Wildman–Crippen MR) is 93.6 cm³/mol. The summed E-state index contributed by atoms with van der Waals surface area (Å²) in [6.45, 7) is 0. The molecule has 0 aliphatic carbocycles. The summed E-state index contributed by atoms with van der Waals surface area (Å²) in [5.74, 6) is -0.0814. The summed E-state index contributed by atoms with van der Waals surface area (Å²) in [7, 11) is 0. The maximum atomic E-state index is 12.4. The smallest absolute Gasteiger partial charge is 0.351 e. The molecule has 0 unspecified atom stereocenters. The molecule has 0 radical (unpaired) electrons. The van der Waals surface area contributed by atoms with Gasteiger partial charge in [-0.05, 0) is 41.8 Å². The molecular weight excluding hydrogens is 320 g/mol. The number of carbonyl (C=O) groups excluding carboxylic acids is 1. The number of ether oxygens (including phenoxy) is 1. The standard InChI is InChI=1S/C19H12N2O4/c20-17-14-6-5-13(9-11(14)7-8-21-17)24-18(22)15-10-12-3-1-2-4-16(12)25-19(15)23/h1-10H,(H2,20,21). The zero-order chi connectivity index (χ0) is 17.4. The van der Waals surface area contributed by atoms with E-state index >= 15 is 0 Å². The number of pyridine rings is 1. The molecule has 6 heteroatoms. The van der Waals surface area contributed by atoms with E-state index in [1.807, 2.05) is 0 Å². The van der Waals surface area contributed by atoms with Gasteiger partial charge in [0.15, 0.2) is 0 Å². The van der Waals surface area contributed by atoms with E-state index in [9.17, 15) is 9.59 Å². The van der Waals surface area contributed by atoms with Crippen molar-refractivity contribution in [1.82, 2.24) is 4.98 Å². The Balaban J connectivity index is 1.70. The third-order valence-corrected chi connectivity index (χ3v) is 3.84. The van der Waals surface area contributed by atoms with Gasteiger partial charge in [0, 0.05) is 17.0 Å². The Kier molecular flexibility index (Phi) is 3.43. The van der Waals surface area contributed by atoms with Crippen LogP contribution in [-0.2, 0) is 0 Å². The molecule has 0 saturated heterocycles. The van der Waals surface area contributed by atoms with Crippen LogP contribution in [0.4, 0.5) is 5.82 Å². The second-order valence-electron chi connectivity index (χ2n) is 5.45. The molecule has 0 saturated carbocycles. The van der Waals surface area contributed by atoms with Crippen LogP contribution >= 0.6 is 0 Å². The van der Waals surface area contributed by atoms with Crippen LogP contribution < -0.4 is 16.1 Å². The fraction of sp³-hybridized carbons (Fsp3) is 0. The SMILES string of the molecule is Nc1nccc2cc(OC(=O)c3cc4ccccc4oc3=O)ccc12. The predicted octanol–water partition coefficient (Wildman–Crippen LogP) is 3.14. The average molecular weight is 332 g/mol. The van der Waals surface area contributed by atoms with Gasteiger partial charge in [-0.15, -0.1) is 0 Å². The van der Waals surface area contributed by atoms with Gasteiger partial charge in [-0.1, -0.05) is 18.2 Å². The number of rotatable bonds is 2. The lowest BCUT2D eigenvalue weighted by molar-refractivity contribution is 0.0731. The highest BCUT2D eigenvalue weighted by Gasteiger charge is 2.16. The van der Waals surface area contributed by atoms with Crippen LogP contribution in [0.2, 0.25) is 0 Å². The van der Waals surface area contributed by atoms with Crippen molar-refractivity contribution in [2.24, 2.45) is 0 Å². The van der Waals surface area contributed by atoms with Crippen molar-refractivity contribution >= 4 is 33.5 Å². The van der Waals surface area contributed by atoms with Crippen LogP contribution in [0, 0.1) is 0 Å². The number of nitrogens with two attached hydrogens (primary N) is 1. The Morgan fingerprint density at radius 2 is 1.88 bits per heavy atom. The van der Waals surface area contributed by atoms with Gasteiger partial charge < -0.3 is 14.9 Å². The molecule has 0 spiro atoms. The monoisotopic (exact) mass is 332 g/mol. The van der Waals surface area contributed by atoms with E-state index < -0.39 is 11.6 Å². The summed E-state index contributed by atoms with van der Waals surface area (Å²) in [5, 5.41) is 2.18. The molecule has 25 heavy (non-hydrogen) atoms. The van der Waals surface area contributed by atoms with Crippen molar-refractivity contribution in [3.05, 3.63) is 76.8 Å². The number of hydrogen-bond acceptors (Lipinski definition) is 6. The van der Waals surface area contributed by atoms with E-state index in [1.165, 1.54) is 6.07 Å². The van der Waals surface area contributed by atoms with Crippen molar-refractivity contribution in [2.75, 3.05) is 5.73 Å². The molecule has 2 aromatic carbocycles. The molecule has 2 heterocycles. The first-order chi connectivity index (χ1) is 12.1. The Labute approximate surface area is 141 Å². The first kappa shape index (κ1) is 14.9. The minimum atomic E-state index is -0.777. The Hall–Kier alpha value is -3.67. The van der Waals surface area contributed by atoms with Crippen molar-refractivity contribution in [3.63, 3.8) is 0 Å². The highest BCUT2D eigenvalue weighted by Crippen LogP contribution is 2.24. The van der Waals surface area contributed by atoms with E-state index in [0.717, 1.165) is 10.8 Å². The quantitative estimate of drug-likeness (QED) is 0.344. The molecule has 122 valence electrons. The zero-order valence-electron chi connectivity index (χ0n) is 12.9. The van der Waals surface area contributed by atoms with Crippen molar-refractivity contribution in [2.45, 2.75) is 0 Å². The van der Waals surface area contributed by atoms with Crippen LogP contribution in [-0.4, -0.2) is 11.0 Å². The van der Waals surface area contributed by atoms with Crippen LogP contribution in [0.1, 0.15) is 10.4 Å². The molecule has 2 aromatic heterocycles. The van der Waals surface area contributed by atoms with E-state index in [-0.39, 0.29) is 5.56 Å². The van der Waals surface area contributed by atoms with Crippen LogP contribution in [0.5, 0.6) is 5.75 Å². The Morgan fingerprint density at radius 3 is 2.76 bits per heavy atom. The second-order valence-corrected chi connectivity index (χ2v) is 5.45. The zero-order valence-corrected chi connectivity index (χ0v) is 12.9. The Bertz CT molecular complexity index is 1180. The number of anilines is 1. The molecule has 0 amide bonds. The normalized spacial score (nSPS) is 10.9. The van der Waals surface area contributed by atoms with E-state index in [0.29, 0.717) is 22.5 Å². The molecule has 0 atom stereocenters. The van der Waals surface area contributed by atoms with E-state index in [4.69, 9.17) is 14.9 Å². The van der Waals surface area contributed by atoms with E-state index in [1.54, 1.807) is 54.7 Å². The lowest BCUT2D eigenvalue weighted by atomic mass is 10.1. The highest BCUT2D eigenvalue weighted by molar-refractivity contribution is 5.95. The summed E-state index contributed by atoms with van der Waals surface area (Å²) in [6, 6.07) is 15.1. The molecular formula is C19H12N2O4. The molecule has 0 fully saturated rings. The summed E-state index contributed by atoms with van der Waals surface area (Å²) in [5.41, 5.74) is 5.32. The number of nitrogens with zero attached hydrogens (tertiary/aromatic N) is 1. The van der Waals surface area contributed by atoms with Gasteiger partial charge in [0.1, 0.15) is 22.7 Å². The number of carbonyl (C=O) groups is 1. The van der Waals surface area contributed by atoms with Gasteiger partial charge >= 0.3 is 11.6 Å². The number of hydrogen-bond donors (Lipinski definition) is 1. The highest BCUT2D eigenvalue weighted by atomic mass is 16.5. The fourth-order valence-electron chi connectivity index (χ4n) is 2.61. The fourth-order valence-corrected chi connectivity index (χ4v) is 2.61. The second kappa shape index (κ2) is 5.76. The van der Waals surface area contributed by atoms with Gasteiger partial charge in [0.2, 0.25) is 0 Å². The largest absolute Gasteiger partial charge is 0.423 e. The molecule has 6 nitrogen and oxygen atoms in total. The molecule has 0 bridgehead atoms. The summed E-state index contributed by atoms with van der Waals surface area (Å²) in [6.07, 6.45) is 1.57. The first-order valence-corrected chi connectivity index (χ1v) is 7.51. The Morgan fingerprint density at radius 1 is 1.04 bits per heavy atom. The van der Waals surface area contributed by atoms with Crippen LogP contribution in [0.15, 0.2) is 70.0 Å². The van der Waals surface area contributed by atoms with Gasteiger partial charge in [0.05, 0.1) is 0 Å². The van der Waals surface area contributed by atoms with Crippen molar-refractivity contribution in [3.8, 4) is 5.75 Å². The minimum absolute atomic E-state index is 0.159. The first-order valence-electron chi connectivity index (χ1n) is 7.51. The third kappa shape index (κ3) is 2.70. The molecule has 0 aliphatic heterocycles. The lowest BCUT2D eigenvalue weighted by Crippen LogP contribution is -2.18. The summed E-state index contributed by atoms with van der Waals surface area (Å²) >= 11 is 0. The van der Waals surface area contributed by atoms with E-state index in [2.05, 4.69) is 4.98 Å². The number of nitrogen functional groups attached to an aromatic ring is 1. The summed E-state index contributed by atoms with van der Waals surface area (Å²) < 4.78 is 10.5. The molecule has 2 N–H and O–H groups in total. The minimum Gasteiger partial charge on any atom is -0.423 e.